The van der Waals surface area contributed by atoms with Crippen molar-refractivity contribution in [3.63, 3.8) is 0 Å². The van der Waals surface area contributed by atoms with Gasteiger partial charge in [-0.1, -0.05) is 13.8 Å². The van der Waals surface area contributed by atoms with Crippen LogP contribution in [0.1, 0.15) is 30.6 Å². The SMILES string of the molecule is CC(C)CCNc1nccc(C(=O)O)c1F. The molecule has 5 heteroatoms. The van der Waals surface area contributed by atoms with Gasteiger partial charge < -0.3 is 10.4 Å². The fourth-order valence-electron chi connectivity index (χ4n) is 1.21. The summed E-state index contributed by atoms with van der Waals surface area (Å²) < 4.78 is 13.5. The van der Waals surface area contributed by atoms with Crippen molar-refractivity contribution in [2.45, 2.75) is 20.3 Å². The maximum absolute atomic E-state index is 13.5. The molecule has 0 saturated carbocycles. The average Bonchev–Trinajstić information content (AvgIpc) is 2.19. The molecule has 0 amide bonds. The van der Waals surface area contributed by atoms with Crippen LogP contribution in [-0.4, -0.2) is 22.6 Å². The van der Waals surface area contributed by atoms with Gasteiger partial charge in [0.25, 0.3) is 0 Å². The summed E-state index contributed by atoms with van der Waals surface area (Å²) in [7, 11) is 0. The van der Waals surface area contributed by atoms with E-state index in [1.165, 1.54) is 6.20 Å². The monoisotopic (exact) mass is 226 g/mol. The maximum atomic E-state index is 13.5. The van der Waals surface area contributed by atoms with Gasteiger partial charge in [0.2, 0.25) is 0 Å². The van der Waals surface area contributed by atoms with Crippen LogP contribution in [0.25, 0.3) is 0 Å². The fraction of sp³-hybridized carbons (Fsp3) is 0.455. The molecule has 1 aromatic rings. The fourth-order valence-corrected chi connectivity index (χ4v) is 1.21. The molecule has 4 nitrogen and oxygen atoms in total. The zero-order valence-electron chi connectivity index (χ0n) is 9.33. The topological polar surface area (TPSA) is 62.2 Å². The Morgan fingerprint density at radius 1 is 1.62 bits per heavy atom. The van der Waals surface area contributed by atoms with Gasteiger partial charge in [-0.05, 0) is 18.4 Å². The first kappa shape index (κ1) is 12.4. The van der Waals surface area contributed by atoms with Crippen LogP contribution in [0.15, 0.2) is 12.3 Å². The lowest BCUT2D eigenvalue weighted by molar-refractivity contribution is 0.0692. The highest BCUT2D eigenvalue weighted by molar-refractivity contribution is 5.88. The first-order chi connectivity index (χ1) is 7.52. The average molecular weight is 226 g/mol. The third kappa shape index (κ3) is 3.18. The van der Waals surface area contributed by atoms with E-state index in [0.717, 1.165) is 12.5 Å². The molecule has 0 fully saturated rings. The highest BCUT2D eigenvalue weighted by Crippen LogP contribution is 2.15. The van der Waals surface area contributed by atoms with Gasteiger partial charge >= 0.3 is 5.97 Å². The summed E-state index contributed by atoms with van der Waals surface area (Å²) >= 11 is 0. The van der Waals surface area contributed by atoms with Gasteiger partial charge in [0, 0.05) is 12.7 Å². The number of aromatic carboxylic acids is 1. The van der Waals surface area contributed by atoms with Gasteiger partial charge in [-0.15, -0.1) is 0 Å². The molecule has 2 N–H and O–H groups in total. The van der Waals surface area contributed by atoms with Gasteiger partial charge in [0.1, 0.15) is 5.56 Å². The van der Waals surface area contributed by atoms with Crippen LogP contribution < -0.4 is 5.32 Å². The summed E-state index contributed by atoms with van der Waals surface area (Å²) in [6.07, 6.45) is 2.16. The minimum absolute atomic E-state index is 0.000509. The minimum atomic E-state index is -1.29. The van der Waals surface area contributed by atoms with Crippen molar-refractivity contribution in [1.82, 2.24) is 4.98 Å². The highest BCUT2D eigenvalue weighted by Gasteiger charge is 2.14. The van der Waals surface area contributed by atoms with Gasteiger partial charge in [0.05, 0.1) is 0 Å². The number of hydrogen-bond acceptors (Lipinski definition) is 3. The smallest absolute Gasteiger partial charge is 0.338 e. The number of nitrogens with one attached hydrogen (secondary N) is 1. The second kappa shape index (κ2) is 5.44. The third-order valence-corrected chi connectivity index (χ3v) is 2.13. The molecule has 0 aliphatic carbocycles. The third-order valence-electron chi connectivity index (χ3n) is 2.13. The molecule has 0 atom stereocenters. The number of pyridine rings is 1. The Balaban J connectivity index is 2.73. The van der Waals surface area contributed by atoms with E-state index in [1.807, 2.05) is 0 Å². The number of carboxylic acids is 1. The van der Waals surface area contributed by atoms with Crippen LogP contribution in [0, 0.1) is 11.7 Å². The molecule has 0 unspecified atom stereocenters. The van der Waals surface area contributed by atoms with E-state index in [9.17, 15) is 9.18 Å². The number of aromatic nitrogens is 1. The molecular formula is C11H15FN2O2. The molecule has 0 saturated heterocycles. The number of anilines is 1. The Hall–Kier alpha value is -1.65. The summed E-state index contributed by atoms with van der Waals surface area (Å²) in [4.78, 5) is 14.4. The normalized spacial score (nSPS) is 10.5. The van der Waals surface area contributed by atoms with Crippen molar-refractivity contribution in [3.05, 3.63) is 23.6 Å². The molecule has 16 heavy (non-hydrogen) atoms. The van der Waals surface area contributed by atoms with E-state index >= 15 is 0 Å². The molecule has 0 aliphatic rings. The van der Waals surface area contributed by atoms with Crippen molar-refractivity contribution >= 4 is 11.8 Å². The molecule has 0 spiro atoms. The molecule has 0 aliphatic heterocycles. The van der Waals surface area contributed by atoms with Gasteiger partial charge in [-0.3, -0.25) is 0 Å². The van der Waals surface area contributed by atoms with Crippen LogP contribution in [0.3, 0.4) is 0 Å². The lowest BCUT2D eigenvalue weighted by Gasteiger charge is -2.09. The van der Waals surface area contributed by atoms with Gasteiger partial charge in [-0.25, -0.2) is 14.2 Å². The van der Waals surface area contributed by atoms with Gasteiger partial charge in [0.15, 0.2) is 11.6 Å². The van der Waals surface area contributed by atoms with Crippen molar-refractivity contribution in [2.75, 3.05) is 11.9 Å². The number of carboxylic acid groups (broad SMARTS) is 1. The Morgan fingerprint density at radius 2 is 2.31 bits per heavy atom. The van der Waals surface area contributed by atoms with Crippen molar-refractivity contribution in [2.24, 2.45) is 5.92 Å². The van der Waals surface area contributed by atoms with Crippen LogP contribution in [0.2, 0.25) is 0 Å². The van der Waals surface area contributed by atoms with Crippen LogP contribution in [-0.2, 0) is 0 Å². The summed E-state index contributed by atoms with van der Waals surface area (Å²) in [5, 5.41) is 11.5. The number of nitrogens with zero attached hydrogens (tertiary/aromatic N) is 1. The van der Waals surface area contributed by atoms with Crippen LogP contribution >= 0.6 is 0 Å². The van der Waals surface area contributed by atoms with E-state index in [2.05, 4.69) is 24.1 Å². The Bertz CT molecular complexity index is 380. The van der Waals surface area contributed by atoms with E-state index in [1.54, 1.807) is 0 Å². The molecular weight excluding hydrogens is 211 g/mol. The van der Waals surface area contributed by atoms with E-state index < -0.39 is 11.8 Å². The van der Waals surface area contributed by atoms with E-state index in [0.29, 0.717) is 12.5 Å². The molecule has 0 radical (unpaired) electrons. The largest absolute Gasteiger partial charge is 0.478 e. The molecule has 0 aromatic carbocycles. The molecule has 88 valence electrons. The van der Waals surface area contributed by atoms with Crippen LogP contribution in [0.4, 0.5) is 10.2 Å². The predicted molar refractivity (Wildman–Crippen MR) is 59.1 cm³/mol. The summed E-state index contributed by atoms with van der Waals surface area (Å²) in [5.41, 5.74) is -0.359. The number of rotatable bonds is 5. The van der Waals surface area contributed by atoms with E-state index in [-0.39, 0.29) is 11.4 Å². The maximum Gasteiger partial charge on any atom is 0.338 e. The summed E-state index contributed by atoms with van der Waals surface area (Å²) in [5.74, 6) is -1.59. The zero-order valence-corrected chi connectivity index (χ0v) is 9.33. The lowest BCUT2D eigenvalue weighted by Crippen LogP contribution is -2.10. The van der Waals surface area contributed by atoms with Crippen molar-refractivity contribution < 1.29 is 14.3 Å². The molecule has 1 aromatic heterocycles. The molecule has 1 rings (SSSR count). The van der Waals surface area contributed by atoms with Crippen molar-refractivity contribution in [3.8, 4) is 0 Å². The Kier molecular flexibility index (Phi) is 4.22. The first-order valence-corrected chi connectivity index (χ1v) is 5.14. The number of halogens is 1. The van der Waals surface area contributed by atoms with Gasteiger partial charge in [-0.2, -0.15) is 0 Å². The number of carbonyl (C=O) groups is 1. The predicted octanol–water partition coefficient (Wildman–Crippen LogP) is 2.38. The van der Waals surface area contributed by atoms with E-state index in [4.69, 9.17) is 5.11 Å². The zero-order chi connectivity index (χ0) is 12.1. The molecule has 0 bridgehead atoms. The summed E-state index contributed by atoms with van der Waals surface area (Å²) in [6.45, 7) is 4.68. The quantitative estimate of drug-likeness (QED) is 0.809. The van der Waals surface area contributed by atoms with Crippen LogP contribution in [0.5, 0.6) is 0 Å². The Labute approximate surface area is 93.5 Å². The highest BCUT2D eigenvalue weighted by atomic mass is 19.1. The second-order valence-corrected chi connectivity index (χ2v) is 3.94. The first-order valence-electron chi connectivity index (χ1n) is 5.14. The lowest BCUT2D eigenvalue weighted by atomic mass is 10.1. The Morgan fingerprint density at radius 3 is 2.88 bits per heavy atom. The standard InChI is InChI=1S/C11H15FN2O2/c1-7(2)3-5-13-10-9(12)8(11(15)16)4-6-14-10/h4,6-7H,3,5H2,1-2H3,(H,13,14)(H,15,16). The molecule has 1 heterocycles. The second-order valence-electron chi connectivity index (χ2n) is 3.94. The number of hydrogen-bond donors (Lipinski definition) is 2. The minimum Gasteiger partial charge on any atom is -0.478 e. The van der Waals surface area contributed by atoms with Crippen molar-refractivity contribution in [1.29, 1.82) is 0 Å². The summed E-state index contributed by atoms with van der Waals surface area (Å²) in [6, 6.07) is 1.14.